The van der Waals surface area contributed by atoms with Crippen molar-refractivity contribution >= 4 is 17.9 Å². The van der Waals surface area contributed by atoms with E-state index in [0.29, 0.717) is 6.54 Å². The van der Waals surface area contributed by atoms with Gasteiger partial charge in [0.2, 0.25) is 5.91 Å². The van der Waals surface area contributed by atoms with E-state index in [0.717, 1.165) is 0 Å². The third-order valence-corrected chi connectivity index (χ3v) is 2.28. The molecule has 0 saturated carbocycles. The monoisotopic (exact) mass is 287 g/mol. The predicted octanol–water partition coefficient (Wildman–Crippen LogP) is 0.653. The lowest BCUT2D eigenvalue weighted by Crippen LogP contribution is -2.45. The van der Waals surface area contributed by atoms with Crippen molar-refractivity contribution in [3.05, 3.63) is 0 Å². The lowest BCUT2D eigenvalue weighted by molar-refractivity contribution is -0.137. The molecule has 0 fully saturated rings. The highest BCUT2D eigenvalue weighted by atomic mass is 16.4. The molecule has 3 amide bonds. The number of carboxylic acids is 1. The molecule has 0 radical (unpaired) electrons. The van der Waals surface area contributed by atoms with E-state index in [1.807, 2.05) is 27.7 Å². The van der Waals surface area contributed by atoms with Gasteiger partial charge in [0.15, 0.2) is 0 Å². The molecule has 0 unspecified atom stereocenters. The lowest BCUT2D eigenvalue weighted by atomic mass is 10.2. The van der Waals surface area contributed by atoms with Crippen molar-refractivity contribution < 1.29 is 19.5 Å². The number of carbonyl (C=O) groups is 3. The number of hydrogen-bond acceptors (Lipinski definition) is 3. The Hall–Kier alpha value is -1.79. The van der Waals surface area contributed by atoms with Gasteiger partial charge in [-0.15, -0.1) is 0 Å². The first kappa shape index (κ1) is 18.2. The summed E-state index contributed by atoms with van der Waals surface area (Å²) in [6, 6.07) is -0.402. The Morgan fingerprint density at radius 2 is 1.75 bits per heavy atom. The molecule has 20 heavy (non-hydrogen) atoms. The minimum absolute atomic E-state index is 0.0580. The SMILES string of the molecule is CC(C)CN(CC(=O)O)C(=O)NCCC(=O)NC(C)C. The van der Waals surface area contributed by atoms with Crippen molar-refractivity contribution in [1.82, 2.24) is 15.5 Å². The van der Waals surface area contributed by atoms with E-state index in [-0.39, 0.29) is 37.4 Å². The summed E-state index contributed by atoms with van der Waals surface area (Å²) in [5.74, 6) is -1.03. The minimum atomic E-state index is -1.06. The van der Waals surface area contributed by atoms with Gasteiger partial charge in [0, 0.05) is 25.6 Å². The highest BCUT2D eigenvalue weighted by molar-refractivity contribution is 5.81. The van der Waals surface area contributed by atoms with E-state index in [2.05, 4.69) is 10.6 Å². The molecule has 0 aromatic rings. The molecule has 0 rings (SSSR count). The van der Waals surface area contributed by atoms with Gasteiger partial charge in [0.1, 0.15) is 6.54 Å². The zero-order valence-corrected chi connectivity index (χ0v) is 12.6. The van der Waals surface area contributed by atoms with Crippen molar-refractivity contribution in [2.75, 3.05) is 19.6 Å². The van der Waals surface area contributed by atoms with Crippen LogP contribution < -0.4 is 10.6 Å². The van der Waals surface area contributed by atoms with Crippen LogP contribution in [0.3, 0.4) is 0 Å². The lowest BCUT2D eigenvalue weighted by Gasteiger charge is -2.23. The molecule has 0 spiro atoms. The smallest absolute Gasteiger partial charge is 0.323 e. The van der Waals surface area contributed by atoms with Crippen LogP contribution in [0, 0.1) is 5.92 Å². The van der Waals surface area contributed by atoms with E-state index >= 15 is 0 Å². The number of nitrogens with one attached hydrogen (secondary N) is 2. The van der Waals surface area contributed by atoms with Crippen LogP contribution in [0.4, 0.5) is 4.79 Å². The second-order valence-electron chi connectivity index (χ2n) is 5.37. The van der Waals surface area contributed by atoms with Crippen LogP contribution in [-0.2, 0) is 9.59 Å². The third kappa shape index (κ3) is 9.18. The summed E-state index contributed by atoms with van der Waals surface area (Å²) in [7, 11) is 0. The predicted molar refractivity (Wildman–Crippen MR) is 75.3 cm³/mol. The molecule has 0 heterocycles. The molecule has 0 aromatic carbocycles. The van der Waals surface area contributed by atoms with Crippen LogP contribution in [0.25, 0.3) is 0 Å². The fraction of sp³-hybridized carbons (Fsp3) is 0.769. The Bertz CT molecular complexity index is 343. The third-order valence-electron chi connectivity index (χ3n) is 2.28. The molecule has 0 atom stereocenters. The molecule has 0 aliphatic rings. The number of aliphatic carboxylic acids is 1. The number of carboxylic acid groups (broad SMARTS) is 1. The molecule has 0 aliphatic heterocycles. The largest absolute Gasteiger partial charge is 0.480 e. The average molecular weight is 287 g/mol. The molecular weight excluding hydrogens is 262 g/mol. The molecule has 7 heteroatoms. The molecule has 3 N–H and O–H groups in total. The second-order valence-corrected chi connectivity index (χ2v) is 5.37. The zero-order chi connectivity index (χ0) is 15.7. The maximum Gasteiger partial charge on any atom is 0.323 e. The molecule has 0 bridgehead atoms. The summed E-state index contributed by atoms with van der Waals surface area (Å²) in [4.78, 5) is 35.2. The first-order chi connectivity index (χ1) is 9.22. The van der Waals surface area contributed by atoms with Gasteiger partial charge in [-0.3, -0.25) is 9.59 Å². The topological polar surface area (TPSA) is 98.7 Å². The van der Waals surface area contributed by atoms with Crippen molar-refractivity contribution in [3.8, 4) is 0 Å². The fourth-order valence-electron chi connectivity index (χ4n) is 1.61. The van der Waals surface area contributed by atoms with Gasteiger partial charge < -0.3 is 20.6 Å². The molecule has 0 aromatic heterocycles. The van der Waals surface area contributed by atoms with Crippen LogP contribution in [0.1, 0.15) is 34.1 Å². The van der Waals surface area contributed by atoms with Crippen LogP contribution in [0.15, 0.2) is 0 Å². The van der Waals surface area contributed by atoms with Crippen LogP contribution in [-0.4, -0.2) is 53.6 Å². The Balaban J connectivity index is 4.18. The summed E-state index contributed by atoms with van der Waals surface area (Å²) in [5.41, 5.74) is 0. The summed E-state index contributed by atoms with van der Waals surface area (Å²) >= 11 is 0. The summed E-state index contributed by atoms with van der Waals surface area (Å²) in [5, 5.41) is 14.0. The maximum atomic E-state index is 11.8. The van der Waals surface area contributed by atoms with Crippen LogP contribution in [0.2, 0.25) is 0 Å². The average Bonchev–Trinajstić information content (AvgIpc) is 2.25. The highest BCUT2D eigenvalue weighted by Crippen LogP contribution is 1.99. The molecule has 0 aliphatic carbocycles. The maximum absolute atomic E-state index is 11.8. The minimum Gasteiger partial charge on any atom is -0.480 e. The molecule has 116 valence electrons. The van der Waals surface area contributed by atoms with E-state index in [1.54, 1.807) is 0 Å². The number of amides is 3. The normalized spacial score (nSPS) is 10.5. The summed E-state index contributed by atoms with van der Waals surface area (Å²) in [6.45, 7) is 7.71. The second kappa shape index (κ2) is 9.17. The Kier molecular flexibility index (Phi) is 8.35. The van der Waals surface area contributed by atoms with E-state index in [9.17, 15) is 14.4 Å². The van der Waals surface area contributed by atoms with Crippen molar-refractivity contribution in [1.29, 1.82) is 0 Å². The first-order valence-corrected chi connectivity index (χ1v) is 6.76. The van der Waals surface area contributed by atoms with Gasteiger partial charge >= 0.3 is 12.0 Å². The van der Waals surface area contributed by atoms with Gasteiger partial charge in [0.05, 0.1) is 0 Å². The quantitative estimate of drug-likeness (QED) is 0.610. The van der Waals surface area contributed by atoms with Crippen LogP contribution >= 0.6 is 0 Å². The standard InChI is InChI=1S/C13H25N3O4/c1-9(2)7-16(8-12(18)19)13(20)14-6-5-11(17)15-10(3)4/h9-10H,5-8H2,1-4H3,(H,14,20)(H,15,17)(H,18,19). The summed E-state index contributed by atoms with van der Waals surface area (Å²) in [6.07, 6.45) is 0.173. The van der Waals surface area contributed by atoms with Crippen molar-refractivity contribution in [2.24, 2.45) is 5.92 Å². The van der Waals surface area contributed by atoms with Crippen molar-refractivity contribution in [3.63, 3.8) is 0 Å². The molecular formula is C13H25N3O4. The number of nitrogens with zero attached hydrogens (tertiary/aromatic N) is 1. The van der Waals surface area contributed by atoms with Gasteiger partial charge in [-0.05, 0) is 19.8 Å². The fourth-order valence-corrected chi connectivity index (χ4v) is 1.61. The Morgan fingerprint density at radius 3 is 2.20 bits per heavy atom. The molecule has 7 nitrogen and oxygen atoms in total. The Labute approximate surface area is 119 Å². The molecule has 0 saturated heterocycles. The van der Waals surface area contributed by atoms with Crippen molar-refractivity contribution in [2.45, 2.75) is 40.2 Å². The zero-order valence-electron chi connectivity index (χ0n) is 12.6. The van der Waals surface area contributed by atoms with Crippen LogP contribution in [0.5, 0.6) is 0 Å². The van der Waals surface area contributed by atoms with Gasteiger partial charge in [-0.25, -0.2) is 4.79 Å². The first-order valence-electron chi connectivity index (χ1n) is 6.76. The van der Waals surface area contributed by atoms with E-state index < -0.39 is 12.0 Å². The number of hydrogen-bond donors (Lipinski definition) is 3. The van der Waals surface area contributed by atoms with Gasteiger partial charge in [0.25, 0.3) is 0 Å². The van der Waals surface area contributed by atoms with E-state index in [1.165, 1.54) is 4.90 Å². The number of urea groups is 1. The Morgan fingerprint density at radius 1 is 1.15 bits per heavy atom. The van der Waals surface area contributed by atoms with Gasteiger partial charge in [-0.1, -0.05) is 13.8 Å². The highest BCUT2D eigenvalue weighted by Gasteiger charge is 2.17. The number of rotatable bonds is 8. The number of carbonyl (C=O) groups excluding carboxylic acids is 2. The van der Waals surface area contributed by atoms with Gasteiger partial charge in [-0.2, -0.15) is 0 Å². The van der Waals surface area contributed by atoms with E-state index in [4.69, 9.17) is 5.11 Å². The summed E-state index contributed by atoms with van der Waals surface area (Å²) < 4.78 is 0.